The van der Waals surface area contributed by atoms with E-state index < -0.39 is 59.3 Å². The number of Topliss-reactive ketones (excluding diaryl/α,β-unsaturated/α-hetero) is 1. The molecule has 0 unspecified atom stereocenters. The van der Waals surface area contributed by atoms with Crippen LogP contribution in [0.15, 0.2) is 24.3 Å². The monoisotopic (exact) mass is 509 g/mol. The van der Waals surface area contributed by atoms with Gasteiger partial charge in [0.25, 0.3) is 0 Å². The second-order valence-electron chi connectivity index (χ2n) is 9.98. The van der Waals surface area contributed by atoms with Gasteiger partial charge in [-0.2, -0.15) is 0 Å². The van der Waals surface area contributed by atoms with Crippen LogP contribution in [0.4, 0.5) is 0 Å². The number of nitrogens with two attached hydrogens (primary N) is 1. The molecule has 6 atom stereocenters. The minimum atomic E-state index is -1.97. The van der Waals surface area contributed by atoms with Crippen molar-refractivity contribution in [2.45, 2.75) is 69.4 Å². The summed E-state index contributed by atoms with van der Waals surface area (Å²) in [5.74, 6) is -2.40. The molecule has 2 aliphatic carbocycles. The largest absolute Gasteiger partial charge is 0.507 e. The first-order chi connectivity index (χ1) is 17.5. The summed E-state index contributed by atoms with van der Waals surface area (Å²) in [5.41, 5.74) is 3.52. The summed E-state index contributed by atoms with van der Waals surface area (Å²) in [5, 5.41) is 32.8. The molecule has 5 N–H and O–H groups in total. The Hall–Kier alpha value is -3.28. The van der Waals surface area contributed by atoms with E-state index in [1.54, 1.807) is 19.1 Å². The van der Waals surface area contributed by atoms with Crippen LogP contribution in [0.5, 0.6) is 5.75 Å². The lowest BCUT2D eigenvalue weighted by molar-refractivity contribution is -0.247. The van der Waals surface area contributed by atoms with Gasteiger partial charge in [-0.05, 0) is 19.4 Å². The number of fused-ring (bicyclic) bond motifs is 3. The van der Waals surface area contributed by atoms with Crippen LogP contribution in [0.25, 0.3) is 0 Å². The van der Waals surface area contributed by atoms with Crippen LogP contribution in [-0.4, -0.2) is 69.1 Å². The normalized spacial score (nSPS) is 30.8. The molecule has 0 bridgehead atoms. The van der Waals surface area contributed by atoms with Crippen molar-refractivity contribution in [1.82, 2.24) is 0 Å². The predicted molar refractivity (Wildman–Crippen MR) is 128 cm³/mol. The maximum Gasteiger partial charge on any atom is 0.198 e. The van der Waals surface area contributed by atoms with Crippen molar-refractivity contribution in [2.75, 3.05) is 0 Å². The Morgan fingerprint density at radius 2 is 1.81 bits per heavy atom. The zero-order chi connectivity index (χ0) is 26.8. The number of rotatable bonds is 4. The van der Waals surface area contributed by atoms with E-state index in [9.17, 15) is 34.5 Å². The molecule has 194 valence electrons. The van der Waals surface area contributed by atoms with E-state index in [0.717, 1.165) is 0 Å². The van der Waals surface area contributed by atoms with Crippen LogP contribution in [0.1, 0.15) is 86.1 Å². The SMILES string of the molecule is CC(=O)[C@]1(O)Cc2c(C=O)c3c(c(O)c2[C@@H](O[C@H]2C[C@H](N)[C@H](O)[C@H](C)O2)C1)C(=O)c1ccccc1C3=O. The minimum Gasteiger partial charge on any atom is -0.507 e. The summed E-state index contributed by atoms with van der Waals surface area (Å²) in [6.45, 7) is 2.80. The number of hydrogen-bond donors (Lipinski definition) is 4. The van der Waals surface area contributed by atoms with E-state index in [4.69, 9.17) is 15.2 Å². The molecule has 2 aromatic rings. The van der Waals surface area contributed by atoms with Crippen molar-refractivity contribution in [3.05, 3.63) is 63.2 Å². The van der Waals surface area contributed by atoms with Gasteiger partial charge in [-0.3, -0.25) is 19.2 Å². The van der Waals surface area contributed by atoms with Crippen LogP contribution < -0.4 is 5.73 Å². The molecule has 0 radical (unpaired) electrons. The van der Waals surface area contributed by atoms with E-state index in [0.29, 0.717) is 6.29 Å². The molecule has 5 rings (SSSR count). The molecule has 37 heavy (non-hydrogen) atoms. The Balaban J connectivity index is 1.70. The smallest absolute Gasteiger partial charge is 0.198 e. The van der Waals surface area contributed by atoms with Gasteiger partial charge in [-0.25, -0.2) is 0 Å². The number of phenolic OH excluding ortho intramolecular Hbond substituents is 1. The molecule has 0 amide bonds. The van der Waals surface area contributed by atoms with Gasteiger partial charge in [0.1, 0.15) is 11.4 Å². The number of aliphatic hydroxyl groups excluding tert-OH is 1. The third kappa shape index (κ3) is 3.84. The van der Waals surface area contributed by atoms with Gasteiger partial charge in [0, 0.05) is 53.1 Å². The van der Waals surface area contributed by atoms with Gasteiger partial charge in [-0.1, -0.05) is 24.3 Å². The maximum atomic E-state index is 13.4. The number of carbonyl (C=O) groups is 4. The molecular weight excluding hydrogens is 482 g/mol. The number of aldehydes is 1. The highest BCUT2D eigenvalue weighted by molar-refractivity contribution is 6.31. The summed E-state index contributed by atoms with van der Waals surface area (Å²) < 4.78 is 11.8. The van der Waals surface area contributed by atoms with Gasteiger partial charge >= 0.3 is 0 Å². The fraction of sp³-hybridized carbons (Fsp3) is 0.407. The van der Waals surface area contributed by atoms with Crippen molar-refractivity contribution in [2.24, 2.45) is 5.73 Å². The average Bonchev–Trinajstić information content (AvgIpc) is 2.85. The first-order valence-electron chi connectivity index (χ1n) is 12.0. The number of phenols is 1. The predicted octanol–water partition coefficient (Wildman–Crippen LogP) is 1.13. The molecular formula is C27H27NO9. The van der Waals surface area contributed by atoms with Gasteiger partial charge in [0.15, 0.2) is 29.9 Å². The summed E-state index contributed by atoms with van der Waals surface area (Å²) >= 11 is 0. The molecule has 0 saturated carbocycles. The van der Waals surface area contributed by atoms with Crippen LogP contribution in [0, 0.1) is 0 Å². The summed E-state index contributed by atoms with van der Waals surface area (Å²) in [4.78, 5) is 51.8. The molecule has 1 heterocycles. The highest BCUT2D eigenvalue weighted by atomic mass is 16.7. The third-order valence-electron chi connectivity index (χ3n) is 7.69. The van der Waals surface area contributed by atoms with Crippen molar-refractivity contribution in [3.63, 3.8) is 0 Å². The lowest BCUT2D eigenvalue weighted by Crippen LogP contribution is -2.52. The average molecular weight is 510 g/mol. The Kier molecular flexibility index (Phi) is 6.12. The maximum absolute atomic E-state index is 13.4. The third-order valence-corrected chi connectivity index (χ3v) is 7.69. The number of benzene rings is 2. The zero-order valence-electron chi connectivity index (χ0n) is 20.3. The molecule has 0 spiro atoms. The summed E-state index contributed by atoms with van der Waals surface area (Å²) in [6, 6.07) is 5.41. The van der Waals surface area contributed by atoms with E-state index in [-0.39, 0.29) is 58.2 Å². The number of ketones is 3. The van der Waals surface area contributed by atoms with Crippen molar-refractivity contribution < 1.29 is 44.0 Å². The number of aliphatic hydroxyl groups is 2. The van der Waals surface area contributed by atoms with Crippen molar-refractivity contribution in [3.8, 4) is 5.75 Å². The second-order valence-corrected chi connectivity index (χ2v) is 9.98. The minimum absolute atomic E-state index is 0.0308. The Bertz CT molecular complexity index is 1340. The van der Waals surface area contributed by atoms with E-state index in [2.05, 4.69) is 0 Å². The summed E-state index contributed by atoms with van der Waals surface area (Å²) in [7, 11) is 0. The van der Waals surface area contributed by atoms with E-state index in [1.165, 1.54) is 19.1 Å². The standard InChI is InChI=1S/C27H27NO9/c1-11-23(31)17(28)7-19(36-11)37-18-9-27(35,12(2)30)8-15-16(10-29)21-22(26(34)20(15)18)25(33)14-6-4-3-5-13(14)24(21)32/h3-6,10-11,17-19,23,31,34-35H,7-9,28H2,1-2H3/t11-,17-,18-,19-,23+,27-/m0/s1. The van der Waals surface area contributed by atoms with Gasteiger partial charge in [0.05, 0.1) is 23.9 Å². The lowest BCUT2D eigenvalue weighted by Gasteiger charge is -2.42. The van der Waals surface area contributed by atoms with Gasteiger partial charge in [-0.15, -0.1) is 0 Å². The molecule has 0 aromatic heterocycles. The Morgan fingerprint density at radius 1 is 1.19 bits per heavy atom. The number of hydrogen-bond acceptors (Lipinski definition) is 10. The molecule has 1 fully saturated rings. The van der Waals surface area contributed by atoms with Crippen molar-refractivity contribution in [1.29, 1.82) is 0 Å². The zero-order valence-corrected chi connectivity index (χ0v) is 20.3. The van der Waals surface area contributed by atoms with Crippen molar-refractivity contribution >= 4 is 23.6 Å². The molecule has 10 heteroatoms. The first kappa shape index (κ1) is 25.4. The molecule has 10 nitrogen and oxygen atoms in total. The van der Waals surface area contributed by atoms with Crippen LogP contribution in [0.3, 0.4) is 0 Å². The molecule has 3 aliphatic rings. The fourth-order valence-corrected chi connectivity index (χ4v) is 5.61. The number of carbonyl (C=O) groups excluding carboxylic acids is 4. The summed E-state index contributed by atoms with van der Waals surface area (Å²) in [6.07, 6.45) is -3.98. The van der Waals surface area contributed by atoms with E-state index in [1.807, 2.05) is 0 Å². The van der Waals surface area contributed by atoms with Crippen LogP contribution in [-0.2, 0) is 20.7 Å². The quantitative estimate of drug-likeness (QED) is 0.373. The number of ether oxygens (including phenoxy) is 2. The van der Waals surface area contributed by atoms with Crippen LogP contribution in [0.2, 0.25) is 0 Å². The molecule has 1 saturated heterocycles. The highest BCUT2D eigenvalue weighted by Crippen LogP contribution is 2.49. The fourth-order valence-electron chi connectivity index (χ4n) is 5.61. The molecule has 1 aliphatic heterocycles. The highest BCUT2D eigenvalue weighted by Gasteiger charge is 2.48. The topological polar surface area (TPSA) is 173 Å². The van der Waals surface area contributed by atoms with Gasteiger partial charge in [0.2, 0.25) is 0 Å². The lowest BCUT2D eigenvalue weighted by atomic mass is 9.70. The Morgan fingerprint density at radius 3 is 2.38 bits per heavy atom. The Labute approximate surface area is 212 Å². The first-order valence-corrected chi connectivity index (χ1v) is 12.0. The second kappa shape index (κ2) is 8.93. The van der Waals surface area contributed by atoms with Gasteiger partial charge < -0.3 is 30.5 Å². The molecule has 2 aromatic carbocycles. The van der Waals surface area contributed by atoms with Crippen LogP contribution >= 0.6 is 0 Å². The number of aromatic hydroxyl groups is 1. The van der Waals surface area contributed by atoms with E-state index >= 15 is 0 Å².